The smallest absolute Gasteiger partial charge is 0.168 e. The number of carbonyl (C=O) groups excluding carboxylic acids is 1. The Bertz CT molecular complexity index is 604. The summed E-state index contributed by atoms with van der Waals surface area (Å²) < 4.78 is 11.2. The Morgan fingerprint density at radius 3 is 2.33 bits per heavy atom. The first-order valence-electron chi connectivity index (χ1n) is 7.23. The van der Waals surface area contributed by atoms with E-state index in [4.69, 9.17) is 9.47 Å². The lowest BCUT2D eigenvalue weighted by Crippen LogP contribution is -2.21. The molecule has 0 aliphatic carbocycles. The number of Topliss-reactive ketones (excluding diaryl/α,β-unsaturated/α-hetero) is 1. The fourth-order valence-electron chi connectivity index (χ4n) is 2.60. The summed E-state index contributed by atoms with van der Waals surface area (Å²) in [7, 11) is 0. The number of ether oxygens (including phenoxy) is 2. The maximum atomic E-state index is 12.4. The van der Waals surface area contributed by atoms with Crippen molar-refractivity contribution in [1.29, 1.82) is 0 Å². The summed E-state index contributed by atoms with van der Waals surface area (Å²) >= 11 is 0. The molecule has 108 valence electrons. The fraction of sp³-hybridized carbons (Fsp3) is 0.278. The van der Waals surface area contributed by atoms with Gasteiger partial charge in [0.05, 0.1) is 12.0 Å². The van der Waals surface area contributed by atoms with E-state index in [2.05, 4.69) is 0 Å². The zero-order valence-electron chi connectivity index (χ0n) is 12.0. The molecule has 3 heteroatoms. The summed E-state index contributed by atoms with van der Waals surface area (Å²) in [4.78, 5) is 12.4. The quantitative estimate of drug-likeness (QED) is 0.792. The molecule has 1 aliphatic heterocycles. The Hall–Kier alpha value is -2.13. The highest BCUT2D eigenvalue weighted by Crippen LogP contribution is 2.26. The zero-order valence-corrected chi connectivity index (χ0v) is 12.0. The van der Waals surface area contributed by atoms with Gasteiger partial charge in [-0.2, -0.15) is 0 Å². The molecule has 1 fully saturated rings. The molecule has 2 aromatic rings. The number of hydrogen-bond donors (Lipinski definition) is 0. The van der Waals surface area contributed by atoms with Gasteiger partial charge >= 0.3 is 0 Å². The standard InChI is InChI=1S/C18H18O3/c1-13-17(11-12-20-13)18(19)14-7-9-16(10-8-14)21-15-5-3-2-4-6-15/h2-10,13,17H,11-12H2,1H3. The molecule has 0 N–H and O–H groups in total. The highest BCUT2D eigenvalue weighted by molar-refractivity contribution is 5.98. The van der Waals surface area contributed by atoms with Crippen molar-refractivity contribution in [2.45, 2.75) is 19.4 Å². The normalized spacial score (nSPS) is 21.2. The van der Waals surface area contributed by atoms with Crippen molar-refractivity contribution in [3.05, 3.63) is 60.2 Å². The highest BCUT2D eigenvalue weighted by atomic mass is 16.5. The van der Waals surface area contributed by atoms with E-state index in [-0.39, 0.29) is 17.8 Å². The summed E-state index contributed by atoms with van der Waals surface area (Å²) in [5, 5.41) is 0. The van der Waals surface area contributed by atoms with Crippen molar-refractivity contribution in [3.8, 4) is 11.5 Å². The van der Waals surface area contributed by atoms with Crippen LogP contribution in [0.4, 0.5) is 0 Å². The monoisotopic (exact) mass is 282 g/mol. The van der Waals surface area contributed by atoms with Crippen LogP contribution >= 0.6 is 0 Å². The number of carbonyl (C=O) groups is 1. The SMILES string of the molecule is CC1OCCC1C(=O)c1ccc(Oc2ccccc2)cc1. The van der Waals surface area contributed by atoms with E-state index in [0.717, 1.165) is 23.5 Å². The topological polar surface area (TPSA) is 35.5 Å². The van der Waals surface area contributed by atoms with E-state index in [9.17, 15) is 4.79 Å². The number of rotatable bonds is 4. The van der Waals surface area contributed by atoms with Gasteiger partial charge in [-0.15, -0.1) is 0 Å². The molecule has 0 amide bonds. The molecule has 3 nitrogen and oxygen atoms in total. The molecule has 0 saturated carbocycles. The molecule has 1 heterocycles. The molecule has 2 unspecified atom stereocenters. The molecule has 0 radical (unpaired) electrons. The van der Waals surface area contributed by atoms with Crippen molar-refractivity contribution >= 4 is 5.78 Å². The van der Waals surface area contributed by atoms with Crippen LogP contribution in [0.1, 0.15) is 23.7 Å². The van der Waals surface area contributed by atoms with Gasteiger partial charge in [0.2, 0.25) is 0 Å². The lowest BCUT2D eigenvalue weighted by molar-refractivity contribution is 0.0764. The third-order valence-corrected chi connectivity index (χ3v) is 3.83. The third kappa shape index (κ3) is 3.14. The Morgan fingerprint density at radius 1 is 1.05 bits per heavy atom. The molecular weight excluding hydrogens is 264 g/mol. The second kappa shape index (κ2) is 6.10. The lowest BCUT2D eigenvalue weighted by Gasteiger charge is -2.13. The fourth-order valence-corrected chi connectivity index (χ4v) is 2.60. The number of hydrogen-bond acceptors (Lipinski definition) is 3. The van der Waals surface area contributed by atoms with Gasteiger partial charge in [0.1, 0.15) is 11.5 Å². The first-order valence-corrected chi connectivity index (χ1v) is 7.23. The molecule has 0 aromatic heterocycles. The largest absolute Gasteiger partial charge is 0.457 e. The van der Waals surface area contributed by atoms with Gasteiger partial charge in [-0.25, -0.2) is 0 Å². The summed E-state index contributed by atoms with van der Waals surface area (Å²) in [6.45, 7) is 2.63. The Balaban J connectivity index is 1.70. The van der Waals surface area contributed by atoms with Crippen molar-refractivity contribution in [2.24, 2.45) is 5.92 Å². The molecule has 1 aliphatic rings. The van der Waals surface area contributed by atoms with Crippen molar-refractivity contribution in [3.63, 3.8) is 0 Å². The van der Waals surface area contributed by atoms with Gasteiger partial charge in [-0.3, -0.25) is 4.79 Å². The first kappa shape index (κ1) is 13.8. The van der Waals surface area contributed by atoms with Crippen LogP contribution in [0.25, 0.3) is 0 Å². The van der Waals surface area contributed by atoms with E-state index < -0.39 is 0 Å². The maximum Gasteiger partial charge on any atom is 0.168 e. The Morgan fingerprint density at radius 2 is 1.71 bits per heavy atom. The van der Waals surface area contributed by atoms with Crippen LogP contribution in [0.5, 0.6) is 11.5 Å². The molecule has 0 spiro atoms. The number of benzene rings is 2. The minimum Gasteiger partial charge on any atom is -0.457 e. The Kier molecular flexibility index (Phi) is 4.02. The minimum atomic E-state index is -0.0223. The van der Waals surface area contributed by atoms with Gasteiger partial charge in [-0.1, -0.05) is 18.2 Å². The first-order chi connectivity index (χ1) is 10.2. The number of para-hydroxylation sites is 1. The predicted molar refractivity (Wildman–Crippen MR) is 80.8 cm³/mol. The van der Waals surface area contributed by atoms with Crippen LogP contribution in [-0.4, -0.2) is 18.5 Å². The van der Waals surface area contributed by atoms with Gasteiger partial charge in [0.25, 0.3) is 0 Å². The van der Waals surface area contributed by atoms with E-state index >= 15 is 0 Å². The van der Waals surface area contributed by atoms with Gasteiger partial charge in [0, 0.05) is 12.2 Å². The maximum absolute atomic E-state index is 12.4. The highest BCUT2D eigenvalue weighted by Gasteiger charge is 2.31. The van der Waals surface area contributed by atoms with E-state index in [0.29, 0.717) is 6.61 Å². The van der Waals surface area contributed by atoms with Gasteiger partial charge in [-0.05, 0) is 49.7 Å². The van der Waals surface area contributed by atoms with Crippen molar-refractivity contribution in [2.75, 3.05) is 6.61 Å². The predicted octanol–water partition coefficient (Wildman–Crippen LogP) is 4.09. The molecule has 2 aromatic carbocycles. The van der Waals surface area contributed by atoms with E-state index in [1.807, 2.05) is 61.5 Å². The minimum absolute atomic E-state index is 0.0118. The molecule has 0 bridgehead atoms. The van der Waals surface area contributed by atoms with Crippen LogP contribution in [-0.2, 0) is 4.74 Å². The van der Waals surface area contributed by atoms with Crippen LogP contribution < -0.4 is 4.74 Å². The van der Waals surface area contributed by atoms with Crippen LogP contribution in [0.15, 0.2) is 54.6 Å². The van der Waals surface area contributed by atoms with Crippen LogP contribution in [0.2, 0.25) is 0 Å². The third-order valence-electron chi connectivity index (χ3n) is 3.83. The average Bonchev–Trinajstić information content (AvgIpc) is 2.94. The second-order valence-corrected chi connectivity index (χ2v) is 5.27. The van der Waals surface area contributed by atoms with E-state index in [1.54, 1.807) is 0 Å². The summed E-state index contributed by atoms with van der Waals surface area (Å²) in [5.41, 5.74) is 0.720. The molecule has 21 heavy (non-hydrogen) atoms. The molecule has 1 saturated heterocycles. The van der Waals surface area contributed by atoms with E-state index in [1.165, 1.54) is 0 Å². The van der Waals surface area contributed by atoms with Crippen molar-refractivity contribution in [1.82, 2.24) is 0 Å². The molecule has 2 atom stereocenters. The van der Waals surface area contributed by atoms with Gasteiger partial charge in [0.15, 0.2) is 5.78 Å². The zero-order chi connectivity index (χ0) is 14.7. The van der Waals surface area contributed by atoms with Crippen LogP contribution in [0.3, 0.4) is 0 Å². The summed E-state index contributed by atoms with van der Waals surface area (Å²) in [5.74, 6) is 1.65. The number of ketones is 1. The molecule has 3 rings (SSSR count). The second-order valence-electron chi connectivity index (χ2n) is 5.27. The lowest BCUT2D eigenvalue weighted by atomic mass is 9.92. The van der Waals surface area contributed by atoms with Gasteiger partial charge < -0.3 is 9.47 Å². The average molecular weight is 282 g/mol. The molecular formula is C18H18O3. The Labute approximate surface area is 124 Å². The summed E-state index contributed by atoms with van der Waals surface area (Å²) in [6, 6.07) is 16.9. The van der Waals surface area contributed by atoms with Crippen molar-refractivity contribution < 1.29 is 14.3 Å². The summed E-state index contributed by atoms with van der Waals surface area (Å²) in [6.07, 6.45) is 0.820. The van der Waals surface area contributed by atoms with Crippen LogP contribution in [0, 0.1) is 5.92 Å².